The average Bonchev–Trinajstić information content (AvgIpc) is 3.52. The molecule has 0 bridgehead atoms. The maximum atomic E-state index is 12.2. The first-order valence-corrected chi connectivity index (χ1v) is 11.0. The molecule has 0 aliphatic carbocycles. The molecule has 0 aliphatic heterocycles. The standard InChI is InChI=1S/C20H17N5O4S2/c26-17(11-13-12-31-20(22-13)23-19(28)16-4-2-10-30-16)21-7-8-25-18(27)6-5-14(24-25)15-3-1-9-29-15/h1-6,9-10,12H,7-8,11H2,(H,21,26)(H,22,23,28). The van der Waals surface area contributed by atoms with E-state index in [1.54, 1.807) is 35.7 Å². The summed E-state index contributed by atoms with van der Waals surface area (Å²) < 4.78 is 6.57. The Hall–Kier alpha value is -3.57. The van der Waals surface area contributed by atoms with Crippen LogP contribution in [0.25, 0.3) is 11.5 Å². The van der Waals surface area contributed by atoms with Gasteiger partial charge in [-0.15, -0.1) is 22.7 Å². The lowest BCUT2D eigenvalue weighted by Gasteiger charge is -2.07. The van der Waals surface area contributed by atoms with Crippen LogP contribution >= 0.6 is 22.7 Å². The number of thiazole rings is 1. The highest BCUT2D eigenvalue weighted by molar-refractivity contribution is 7.14. The Bertz CT molecular complexity index is 1230. The minimum Gasteiger partial charge on any atom is -0.463 e. The lowest BCUT2D eigenvalue weighted by molar-refractivity contribution is -0.120. The van der Waals surface area contributed by atoms with Crippen LogP contribution in [0.1, 0.15) is 15.4 Å². The summed E-state index contributed by atoms with van der Waals surface area (Å²) in [5.74, 6) is 0.0926. The van der Waals surface area contributed by atoms with Crippen molar-refractivity contribution in [2.75, 3.05) is 11.9 Å². The third-order valence-corrected chi connectivity index (χ3v) is 5.82. The predicted molar refractivity (Wildman–Crippen MR) is 117 cm³/mol. The number of nitrogens with zero attached hydrogens (tertiary/aromatic N) is 3. The van der Waals surface area contributed by atoms with E-state index < -0.39 is 0 Å². The molecular formula is C20H17N5O4S2. The molecule has 0 saturated carbocycles. The van der Waals surface area contributed by atoms with Crippen LogP contribution in [0.5, 0.6) is 0 Å². The van der Waals surface area contributed by atoms with E-state index in [1.165, 1.54) is 39.7 Å². The number of hydrogen-bond donors (Lipinski definition) is 2. The van der Waals surface area contributed by atoms with Crippen molar-refractivity contribution in [2.45, 2.75) is 13.0 Å². The summed E-state index contributed by atoms with van der Waals surface area (Å²) in [6.45, 7) is 0.456. The summed E-state index contributed by atoms with van der Waals surface area (Å²) in [7, 11) is 0. The minimum absolute atomic E-state index is 0.0696. The number of anilines is 1. The highest BCUT2D eigenvalue weighted by Crippen LogP contribution is 2.18. The van der Waals surface area contributed by atoms with Crippen molar-refractivity contribution in [1.29, 1.82) is 0 Å². The molecule has 158 valence electrons. The predicted octanol–water partition coefficient (Wildman–Crippen LogP) is 2.63. The van der Waals surface area contributed by atoms with Gasteiger partial charge in [0.05, 0.1) is 29.8 Å². The summed E-state index contributed by atoms with van der Waals surface area (Å²) in [6, 6.07) is 10.0. The fraction of sp³-hybridized carbons (Fsp3) is 0.150. The fourth-order valence-electron chi connectivity index (χ4n) is 2.71. The van der Waals surface area contributed by atoms with Crippen molar-refractivity contribution in [3.63, 3.8) is 0 Å². The smallest absolute Gasteiger partial charge is 0.267 e. The Labute approximate surface area is 184 Å². The number of rotatable bonds is 8. The van der Waals surface area contributed by atoms with E-state index in [9.17, 15) is 14.4 Å². The van der Waals surface area contributed by atoms with Crippen LogP contribution in [0.2, 0.25) is 0 Å². The highest BCUT2D eigenvalue weighted by atomic mass is 32.1. The molecule has 9 nitrogen and oxygen atoms in total. The lowest BCUT2D eigenvalue weighted by atomic mass is 10.3. The van der Waals surface area contributed by atoms with E-state index in [4.69, 9.17) is 4.42 Å². The Balaban J connectivity index is 1.27. The molecule has 2 N–H and O–H groups in total. The number of carbonyl (C=O) groups excluding carboxylic acids is 2. The summed E-state index contributed by atoms with van der Waals surface area (Å²) in [5.41, 5.74) is 0.824. The van der Waals surface area contributed by atoms with Crippen molar-refractivity contribution in [3.05, 3.63) is 74.3 Å². The van der Waals surface area contributed by atoms with Gasteiger partial charge in [-0.05, 0) is 29.6 Å². The first kappa shape index (κ1) is 20.7. The molecule has 31 heavy (non-hydrogen) atoms. The molecule has 4 heterocycles. The summed E-state index contributed by atoms with van der Waals surface area (Å²) in [5, 5.41) is 13.7. The molecule has 2 amide bonds. The van der Waals surface area contributed by atoms with E-state index in [1.807, 2.05) is 5.38 Å². The van der Waals surface area contributed by atoms with Crippen LogP contribution in [-0.4, -0.2) is 33.1 Å². The van der Waals surface area contributed by atoms with Crippen molar-refractivity contribution in [1.82, 2.24) is 20.1 Å². The maximum absolute atomic E-state index is 12.2. The topological polar surface area (TPSA) is 119 Å². The van der Waals surface area contributed by atoms with Gasteiger partial charge in [0.2, 0.25) is 5.91 Å². The van der Waals surface area contributed by atoms with Gasteiger partial charge in [0.15, 0.2) is 10.9 Å². The van der Waals surface area contributed by atoms with Crippen LogP contribution < -0.4 is 16.2 Å². The second-order valence-corrected chi connectivity index (χ2v) is 8.17. The van der Waals surface area contributed by atoms with Gasteiger partial charge in [0.25, 0.3) is 11.5 Å². The van der Waals surface area contributed by atoms with E-state index in [2.05, 4.69) is 20.7 Å². The van der Waals surface area contributed by atoms with Gasteiger partial charge in [0, 0.05) is 18.0 Å². The first-order valence-electron chi connectivity index (χ1n) is 9.26. The number of hydrogen-bond acceptors (Lipinski definition) is 8. The molecule has 0 spiro atoms. The van der Waals surface area contributed by atoms with Gasteiger partial charge in [0.1, 0.15) is 5.69 Å². The monoisotopic (exact) mass is 455 g/mol. The number of nitrogens with one attached hydrogen (secondary N) is 2. The second kappa shape index (κ2) is 9.49. The zero-order chi connectivity index (χ0) is 21.6. The normalized spacial score (nSPS) is 10.7. The summed E-state index contributed by atoms with van der Waals surface area (Å²) >= 11 is 2.60. The number of carbonyl (C=O) groups is 2. The van der Waals surface area contributed by atoms with E-state index in [0.717, 1.165) is 0 Å². The molecule has 11 heteroatoms. The number of furan rings is 1. The molecule has 0 fully saturated rings. The molecule has 0 atom stereocenters. The molecule has 0 aromatic carbocycles. The van der Waals surface area contributed by atoms with E-state index in [0.29, 0.717) is 27.2 Å². The van der Waals surface area contributed by atoms with E-state index >= 15 is 0 Å². The maximum Gasteiger partial charge on any atom is 0.267 e. The Kier molecular flexibility index (Phi) is 6.34. The van der Waals surface area contributed by atoms with E-state index in [-0.39, 0.29) is 36.9 Å². The van der Waals surface area contributed by atoms with Crippen LogP contribution in [0.3, 0.4) is 0 Å². The fourth-order valence-corrected chi connectivity index (χ4v) is 4.03. The molecule has 0 saturated heterocycles. The van der Waals surface area contributed by atoms with Crippen LogP contribution in [0.4, 0.5) is 5.13 Å². The van der Waals surface area contributed by atoms with Crippen LogP contribution in [-0.2, 0) is 17.8 Å². The minimum atomic E-state index is -0.268. The van der Waals surface area contributed by atoms with Crippen molar-refractivity contribution in [2.24, 2.45) is 0 Å². The van der Waals surface area contributed by atoms with Crippen LogP contribution in [0, 0.1) is 0 Å². The summed E-state index contributed by atoms with van der Waals surface area (Å²) in [6.07, 6.45) is 1.60. The zero-order valence-corrected chi connectivity index (χ0v) is 17.7. The molecule has 4 rings (SSSR count). The quantitative estimate of drug-likeness (QED) is 0.422. The SMILES string of the molecule is O=C(Cc1csc(NC(=O)c2cccs2)n1)NCCn1nc(-c2ccco2)ccc1=O. The molecule has 4 aromatic heterocycles. The Morgan fingerprint density at radius 1 is 1.13 bits per heavy atom. The first-order chi connectivity index (χ1) is 15.1. The van der Waals surface area contributed by atoms with Gasteiger partial charge in [-0.1, -0.05) is 6.07 Å². The largest absolute Gasteiger partial charge is 0.463 e. The lowest BCUT2D eigenvalue weighted by Crippen LogP contribution is -2.32. The average molecular weight is 456 g/mol. The second-order valence-electron chi connectivity index (χ2n) is 6.36. The highest BCUT2D eigenvalue weighted by Gasteiger charge is 2.12. The van der Waals surface area contributed by atoms with Crippen LogP contribution in [0.15, 0.2) is 62.6 Å². The van der Waals surface area contributed by atoms with Gasteiger partial charge < -0.3 is 9.73 Å². The third kappa shape index (κ3) is 5.32. The summed E-state index contributed by atoms with van der Waals surface area (Å²) in [4.78, 5) is 41.1. The van der Waals surface area contributed by atoms with Gasteiger partial charge in [-0.2, -0.15) is 5.10 Å². The van der Waals surface area contributed by atoms with Gasteiger partial charge in [-0.3, -0.25) is 19.7 Å². The number of thiophene rings is 1. The van der Waals surface area contributed by atoms with Crippen molar-refractivity contribution in [3.8, 4) is 11.5 Å². The third-order valence-electron chi connectivity index (χ3n) is 4.14. The zero-order valence-electron chi connectivity index (χ0n) is 16.1. The van der Waals surface area contributed by atoms with Crippen molar-refractivity contribution < 1.29 is 14.0 Å². The number of amides is 2. The Morgan fingerprint density at radius 2 is 2.03 bits per heavy atom. The Morgan fingerprint density at radius 3 is 2.81 bits per heavy atom. The molecular weight excluding hydrogens is 438 g/mol. The molecule has 0 unspecified atom stereocenters. The molecule has 0 aliphatic rings. The number of aromatic nitrogens is 3. The van der Waals surface area contributed by atoms with Gasteiger partial charge in [-0.25, -0.2) is 9.67 Å². The van der Waals surface area contributed by atoms with Crippen molar-refractivity contribution >= 4 is 39.6 Å². The van der Waals surface area contributed by atoms with Gasteiger partial charge >= 0.3 is 0 Å². The molecule has 4 aromatic rings. The molecule has 0 radical (unpaired) electrons.